The molecule has 1 aliphatic heterocycles. The number of hydrogen-bond acceptors (Lipinski definition) is 3. The summed E-state index contributed by atoms with van der Waals surface area (Å²) < 4.78 is 19.9. The normalized spacial score (nSPS) is 21.8. The topological polar surface area (TPSA) is 58.6 Å². The number of ether oxygens (including phenoxy) is 1. The predicted octanol–water partition coefficient (Wildman–Crippen LogP) is 2.25. The highest BCUT2D eigenvalue weighted by molar-refractivity contribution is 5.80. The third-order valence-corrected chi connectivity index (χ3v) is 3.84. The van der Waals surface area contributed by atoms with E-state index in [4.69, 9.17) is 4.74 Å². The summed E-state index contributed by atoms with van der Waals surface area (Å²) in [6, 6.07) is 0. The van der Waals surface area contributed by atoms with Gasteiger partial charge in [0.25, 0.3) is 0 Å². The van der Waals surface area contributed by atoms with Crippen molar-refractivity contribution in [1.29, 1.82) is 0 Å². The average Bonchev–Trinajstić information content (AvgIpc) is 3.19. The van der Waals surface area contributed by atoms with Gasteiger partial charge in [0, 0.05) is 31.8 Å². The van der Waals surface area contributed by atoms with Crippen LogP contribution in [0.2, 0.25) is 0 Å². The van der Waals surface area contributed by atoms with Gasteiger partial charge < -0.3 is 15.0 Å². The van der Waals surface area contributed by atoms with Crippen LogP contribution in [-0.2, 0) is 9.53 Å². The monoisotopic (exact) mass is 300 g/mol. The molecule has 5 nitrogen and oxygen atoms in total. The number of carbonyl (C=O) groups is 2. The molecule has 1 saturated heterocycles. The SMILES string of the molecule is CC(C)(C)OC(=O)N1CCC(F)(CNC(=O)C2CC2)CC1. The maximum atomic E-state index is 14.6. The summed E-state index contributed by atoms with van der Waals surface area (Å²) in [6.45, 7) is 6.12. The Labute approximate surface area is 125 Å². The van der Waals surface area contributed by atoms with Crippen LogP contribution in [-0.4, -0.2) is 47.8 Å². The summed E-state index contributed by atoms with van der Waals surface area (Å²) >= 11 is 0. The highest BCUT2D eigenvalue weighted by Gasteiger charge is 2.38. The Balaban J connectivity index is 1.75. The van der Waals surface area contributed by atoms with Crippen molar-refractivity contribution in [2.45, 2.75) is 57.7 Å². The van der Waals surface area contributed by atoms with E-state index in [1.54, 1.807) is 0 Å². The molecule has 0 aromatic heterocycles. The van der Waals surface area contributed by atoms with Crippen molar-refractivity contribution < 1.29 is 18.7 Å². The van der Waals surface area contributed by atoms with Crippen molar-refractivity contribution in [3.05, 3.63) is 0 Å². The number of halogens is 1. The number of rotatable bonds is 3. The summed E-state index contributed by atoms with van der Waals surface area (Å²) in [7, 11) is 0. The molecule has 0 spiro atoms. The molecular weight excluding hydrogens is 275 g/mol. The van der Waals surface area contributed by atoms with E-state index < -0.39 is 17.4 Å². The quantitative estimate of drug-likeness (QED) is 0.869. The minimum Gasteiger partial charge on any atom is -0.444 e. The first-order chi connectivity index (χ1) is 9.69. The van der Waals surface area contributed by atoms with Crippen LogP contribution < -0.4 is 5.32 Å². The van der Waals surface area contributed by atoms with E-state index in [2.05, 4.69) is 5.32 Å². The Morgan fingerprint density at radius 1 is 1.29 bits per heavy atom. The van der Waals surface area contributed by atoms with Gasteiger partial charge in [0.05, 0.1) is 6.54 Å². The molecule has 21 heavy (non-hydrogen) atoms. The number of alkyl halides is 1. The fourth-order valence-corrected chi connectivity index (χ4v) is 2.33. The van der Waals surface area contributed by atoms with E-state index in [0.717, 1.165) is 12.8 Å². The molecule has 2 fully saturated rings. The van der Waals surface area contributed by atoms with Crippen molar-refractivity contribution in [1.82, 2.24) is 10.2 Å². The highest BCUT2D eigenvalue weighted by atomic mass is 19.1. The maximum absolute atomic E-state index is 14.6. The standard InChI is InChI=1S/C15H25FN2O3/c1-14(2,3)21-13(20)18-8-6-15(16,7-9-18)10-17-12(19)11-4-5-11/h11H,4-10H2,1-3H3,(H,17,19). The van der Waals surface area contributed by atoms with Crippen molar-refractivity contribution in [2.24, 2.45) is 5.92 Å². The second kappa shape index (κ2) is 5.81. The molecule has 120 valence electrons. The van der Waals surface area contributed by atoms with E-state index in [9.17, 15) is 14.0 Å². The third kappa shape index (κ3) is 4.86. The van der Waals surface area contributed by atoms with Crippen LogP contribution in [0.1, 0.15) is 46.5 Å². The van der Waals surface area contributed by atoms with Crippen molar-refractivity contribution >= 4 is 12.0 Å². The molecule has 1 heterocycles. The number of likely N-dealkylation sites (tertiary alicyclic amines) is 1. The third-order valence-electron chi connectivity index (χ3n) is 3.84. The zero-order valence-electron chi connectivity index (χ0n) is 13.1. The van der Waals surface area contributed by atoms with Gasteiger partial charge >= 0.3 is 6.09 Å². The fourth-order valence-electron chi connectivity index (χ4n) is 2.33. The molecule has 0 unspecified atom stereocenters. The maximum Gasteiger partial charge on any atom is 0.410 e. The molecule has 0 aromatic rings. The number of amides is 2. The lowest BCUT2D eigenvalue weighted by Crippen LogP contribution is -2.50. The number of hydrogen-bond donors (Lipinski definition) is 1. The van der Waals surface area contributed by atoms with E-state index in [0.29, 0.717) is 13.1 Å². The van der Waals surface area contributed by atoms with Crippen LogP contribution in [0, 0.1) is 5.92 Å². The Bertz CT molecular complexity index is 408. The molecule has 1 saturated carbocycles. The number of carbonyl (C=O) groups excluding carboxylic acids is 2. The minimum atomic E-state index is -1.41. The molecule has 6 heteroatoms. The molecule has 1 N–H and O–H groups in total. The Morgan fingerprint density at radius 2 is 1.86 bits per heavy atom. The summed E-state index contributed by atoms with van der Waals surface area (Å²) in [5.74, 6) is 0.0528. The number of piperidine rings is 1. The molecular formula is C15H25FN2O3. The van der Waals surface area contributed by atoms with Gasteiger partial charge in [0.1, 0.15) is 11.3 Å². The van der Waals surface area contributed by atoms with Crippen molar-refractivity contribution in [3.8, 4) is 0 Å². The van der Waals surface area contributed by atoms with Gasteiger partial charge in [0.15, 0.2) is 0 Å². The van der Waals surface area contributed by atoms with Crippen LogP contribution in [0.5, 0.6) is 0 Å². The molecule has 1 aliphatic carbocycles. The predicted molar refractivity (Wildman–Crippen MR) is 76.6 cm³/mol. The van der Waals surface area contributed by atoms with Crippen molar-refractivity contribution in [3.63, 3.8) is 0 Å². The van der Waals surface area contributed by atoms with Gasteiger partial charge in [-0.05, 0) is 33.6 Å². The van der Waals surface area contributed by atoms with Crippen LogP contribution in [0.25, 0.3) is 0 Å². The van der Waals surface area contributed by atoms with E-state index in [1.165, 1.54) is 4.90 Å². The Hall–Kier alpha value is -1.33. The van der Waals surface area contributed by atoms with Crippen LogP contribution in [0.4, 0.5) is 9.18 Å². The lowest BCUT2D eigenvalue weighted by Gasteiger charge is -2.37. The highest BCUT2D eigenvalue weighted by Crippen LogP contribution is 2.30. The minimum absolute atomic E-state index is 0.0402. The average molecular weight is 300 g/mol. The zero-order valence-corrected chi connectivity index (χ0v) is 13.1. The molecule has 0 atom stereocenters. The molecule has 2 aliphatic rings. The van der Waals surface area contributed by atoms with E-state index >= 15 is 0 Å². The smallest absolute Gasteiger partial charge is 0.410 e. The first-order valence-corrected chi connectivity index (χ1v) is 7.63. The first kappa shape index (κ1) is 16.0. The number of nitrogens with one attached hydrogen (secondary N) is 1. The van der Waals surface area contributed by atoms with Crippen molar-refractivity contribution in [2.75, 3.05) is 19.6 Å². The molecule has 0 radical (unpaired) electrons. The van der Waals surface area contributed by atoms with Gasteiger partial charge in [-0.15, -0.1) is 0 Å². The molecule has 2 rings (SSSR count). The molecule has 2 amide bonds. The molecule has 0 aromatic carbocycles. The molecule has 0 bridgehead atoms. The second-order valence-corrected chi connectivity index (χ2v) is 7.11. The van der Waals surface area contributed by atoms with E-state index in [-0.39, 0.29) is 31.2 Å². The van der Waals surface area contributed by atoms with Crippen LogP contribution >= 0.6 is 0 Å². The Kier molecular flexibility index (Phi) is 4.44. The second-order valence-electron chi connectivity index (χ2n) is 7.11. The van der Waals surface area contributed by atoms with Gasteiger partial charge in [-0.25, -0.2) is 9.18 Å². The van der Waals surface area contributed by atoms with Crippen LogP contribution in [0.15, 0.2) is 0 Å². The van der Waals surface area contributed by atoms with Gasteiger partial charge in [-0.1, -0.05) is 0 Å². The zero-order chi connectivity index (χ0) is 15.7. The van der Waals surface area contributed by atoms with Crippen LogP contribution in [0.3, 0.4) is 0 Å². The first-order valence-electron chi connectivity index (χ1n) is 7.63. The van der Waals surface area contributed by atoms with E-state index in [1.807, 2.05) is 20.8 Å². The summed E-state index contributed by atoms with van der Waals surface area (Å²) in [4.78, 5) is 25.0. The summed E-state index contributed by atoms with van der Waals surface area (Å²) in [6.07, 6.45) is 1.90. The fraction of sp³-hybridized carbons (Fsp3) is 0.867. The summed E-state index contributed by atoms with van der Waals surface area (Å²) in [5, 5.41) is 2.69. The number of nitrogens with zero attached hydrogens (tertiary/aromatic N) is 1. The lowest BCUT2D eigenvalue weighted by molar-refractivity contribution is -0.123. The van der Waals surface area contributed by atoms with Gasteiger partial charge in [0.2, 0.25) is 5.91 Å². The Morgan fingerprint density at radius 3 is 2.33 bits per heavy atom. The largest absolute Gasteiger partial charge is 0.444 e. The van der Waals surface area contributed by atoms with Gasteiger partial charge in [-0.3, -0.25) is 4.79 Å². The summed E-state index contributed by atoms with van der Waals surface area (Å²) in [5.41, 5.74) is -1.96. The van der Waals surface area contributed by atoms with Gasteiger partial charge in [-0.2, -0.15) is 0 Å². The lowest BCUT2D eigenvalue weighted by atomic mass is 9.93.